The number of nitrogens with two attached hydrogens (primary N) is 15. The van der Waals surface area contributed by atoms with Gasteiger partial charge in [0.1, 0.15) is 0 Å². The molecule has 0 saturated heterocycles. The van der Waals surface area contributed by atoms with E-state index in [0.29, 0.717) is 266 Å². The Kier molecular flexibility index (Phi) is 57.7. The maximum Gasteiger partial charge on any atom is 0.317 e. The zero-order chi connectivity index (χ0) is 90.8. The lowest BCUT2D eigenvalue weighted by atomic mass is 10.5. The fraction of sp³-hybridized carbons (Fsp3) is 1.00. The van der Waals surface area contributed by atoms with Gasteiger partial charge >= 0.3 is 137 Å². The van der Waals surface area contributed by atoms with Gasteiger partial charge in [-0.15, -0.1) is 0 Å². The van der Waals surface area contributed by atoms with E-state index in [1.54, 1.807) is 0 Å². The van der Waals surface area contributed by atoms with Crippen LogP contribution in [0.4, 0.5) is 0 Å². The minimum absolute atomic E-state index is 0.399. The van der Waals surface area contributed by atoms with E-state index >= 15 is 0 Å². The van der Waals surface area contributed by atoms with Crippen LogP contribution in [0.15, 0.2) is 0 Å². The van der Waals surface area contributed by atoms with Gasteiger partial charge in [0.15, 0.2) is 16.6 Å². The van der Waals surface area contributed by atoms with Crippen molar-refractivity contribution < 1.29 is 70.0 Å². The molecule has 0 fully saturated rings. The summed E-state index contributed by atoms with van der Waals surface area (Å²) in [7, 11) is -56.8. The second kappa shape index (κ2) is 56.5. The molecule has 0 aliphatic rings. The summed E-state index contributed by atoms with van der Waals surface area (Å²) in [6.07, 6.45) is 9.89. The highest BCUT2D eigenvalue weighted by atomic mass is 28.5. The normalized spacial score (nSPS) is 20.7. The highest BCUT2D eigenvalue weighted by molar-refractivity contribution is 6.97. The van der Waals surface area contributed by atoms with Crippen LogP contribution in [0, 0.1) is 0 Å². The lowest BCUT2D eigenvalue weighted by Crippen LogP contribution is -2.66. The summed E-state index contributed by atoms with van der Waals surface area (Å²) >= 11 is 0. The molecule has 30 N–H and O–H groups in total. The molecule has 0 heterocycles. The van der Waals surface area contributed by atoms with Crippen molar-refractivity contribution in [3.05, 3.63) is 0 Å². The highest BCUT2D eigenvalue weighted by Crippen LogP contribution is 2.43. The van der Waals surface area contributed by atoms with Gasteiger partial charge < -0.3 is 156 Å². The van der Waals surface area contributed by atoms with Crippen molar-refractivity contribution in [3.63, 3.8) is 0 Å². The molecule has 710 valence electrons. The molecule has 0 aromatic heterocycles. The molecule has 0 aliphatic heterocycles. The SMILES string of the molecule is C[Si](C)(C)O[Si](C)(C)O[Si](C)(CCCN)O[Si](C)(CCCN)O[Si](C)(CCCN)O[Si](C)(CCCN)O[Si](C)(CCCN)O[Si](C)(CCCN)O[Si](C)(CCCN)O[Si](C)(CCCN)O[Si](C)(CCCN)O[Si](C)(CCCN)O[Si](C)(CCCN)O[Si](C)(CCCN)O[Si](C)(CCCN)O[Si](C)(CCCN)O[Si](C)(CCCN)O[Si](C)(C)C. The molecule has 32 nitrogen and oxygen atoms in total. The van der Waals surface area contributed by atoms with Gasteiger partial charge in [0, 0.05) is 0 Å². The van der Waals surface area contributed by atoms with E-state index in [-0.39, 0.29) is 0 Å². The van der Waals surface area contributed by atoms with Crippen LogP contribution in [-0.4, -0.2) is 252 Å². The van der Waals surface area contributed by atoms with Crippen molar-refractivity contribution >= 4 is 154 Å². The smallest absolute Gasteiger partial charge is 0.317 e. The third kappa shape index (κ3) is 50.9. The molecule has 15 unspecified atom stereocenters. The van der Waals surface area contributed by atoms with E-state index in [1.807, 2.05) is 0 Å². The van der Waals surface area contributed by atoms with Crippen molar-refractivity contribution in [1.29, 1.82) is 0 Å². The molecule has 0 saturated carbocycles. The van der Waals surface area contributed by atoms with Crippen LogP contribution in [0.2, 0.25) is 241 Å². The second-order valence-corrected chi connectivity index (χ2v) is 104. The summed E-state index contributed by atoms with van der Waals surface area (Å²) in [5, 5.41) is 0. The largest absolute Gasteiger partial charge is 0.437 e. The predicted octanol–water partition coefficient (Wildman–Crippen LogP) is 9.95. The Balaban J connectivity index is 8.70. The molecule has 0 aromatic carbocycles. The number of hydrogen-bond acceptors (Lipinski definition) is 32. The molecule has 50 heteroatoms. The van der Waals surface area contributed by atoms with Crippen LogP contribution < -0.4 is 86.0 Å². The molecule has 118 heavy (non-hydrogen) atoms. The summed E-state index contributed by atoms with van der Waals surface area (Å²) in [4.78, 5) is 0. The van der Waals surface area contributed by atoms with Gasteiger partial charge in [-0.3, -0.25) is 0 Å². The predicted molar refractivity (Wildman–Crippen MR) is 534 cm³/mol. The van der Waals surface area contributed by atoms with E-state index in [2.05, 4.69) is 151 Å². The van der Waals surface area contributed by atoms with Crippen LogP contribution >= 0.6 is 0 Å². The molecule has 0 radical (unpaired) electrons. The monoisotopic (exact) mass is 1990 g/mol. The Morgan fingerprint density at radius 1 is 0.119 bits per heavy atom. The minimum Gasteiger partial charge on any atom is -0.437 e. The Labute approximate surface area is 739 Å². The van der Waals surface area contributed by atoms with Crippen molar-refractivity contribution in [2.24, 2.45) is 86.0 Å². The number of hydrogen-bond donors (Lipinski definition) is 15. The summed E-state index contributed by atoms with van der Waals surface area (Å²) in [6.45, 7) is 56.2. The summed E-state index contributed by atoms with van der Waals surface area (Å²) in [5.74, 6) is 0. The first-order valence-electron chi connectivity index (χ1n) is 44.9. The number of rotatable bonds is 79. The third-order valence-electron chi connectivity index (χ3n) is 20.1. The van der Waals surface area contributed by atoms with Gasteiger partial charge in [0.05, 0.1) is 0 Å². The second-order valence-electron chi connectivity index (χ2n) is 37.8. The van der Waals surface area contributed by atoms with Crippen LogP contribution in [0.1, 0.15) is 96.3 Å². The molecule has 15 atom stereocenters. The minimum atomic E-state index is -3.49. The topological polar surface area (TPSA) is 547 Å². The van der Waals surface area contributed by atoms with Crippen molar-refractivity contribution in [1.82, 2.24) is 0 Å². The first-order chi connectivity index (χ1) is 54.4. The zero-order valence-electron chi connectivity index (χ0n) is 79.4. The first kappa shape index (κ1) is 121. The van der Waals surface area contributed by atoms with Crippen molar-refractivity contribution in [2.45, 2.75) is 338 Å². The lowest BCUT2D eigenvalue weighted by molar-refractivity contribution is 0.232. The standard InChI is InChI=1S/C68H189N15O17Si18/c1-101(2,3)84-103(7,8)86-105(10,55-25-40-70)88-107(12,57-27-42-72)90-109(14,59-29-44-74)92-111(16,61-31-46-76)94-113(18,63-33-48-78)96-115(20,65-35-50-80)98-117(22,67-37-52-82)100-118(23,68-38-53-83)99-116(21,66-36-51-81)97-114(19,64-34-49-79)95-112(17,62-32-47-77)93-110(15,60-30-45-75)91-108(13,58-28-43-73)89-106(11,56-26-41-71)87-104(9,54-24-39-69)85-102(4,5)6/h24-83H2,1-23H3. The fourth-order valence-corrected chi connectivity index (χ4v) is 117. The van der Waals surface area contributed by atoms with Gasteiger partial charge in [-0.05, 0) is 436 Å². The Morgan fingerprint density at radius 3 is 0.288 bits per heavy atom. The fourth-order valence-electron chi connectivity index (χ4n) is 16.5. The van der Waals surface area contributed by atoms with E-state index in [9.17, 15) is 0 Å². The van der Waals surface area contributed by atoms with Crippen LogP contribution in [-0.2, 0) is 70.0 Å². The van der Waals surface area contributed by atoms with Crippen molar-refractivity contribution in [3.8, 4) is 0 Å². The Hall–Kier alpha value is 2.62. The summed E-state index contributed by atoms with van der Waals surface area (Å²) in [6, 6.07) is 8.87. The first-order valence-corrected chi connectivity index (χ1v) is 92.4. The molecule has 0 rings (SSSR count). The van der Waals surface area contributed by atoms with E-state index in [4.69, 9.17) is 156 Å². The summed E-state index contributed by atoms with van der Waals surface area (Å²) in [5.41, 5.74) is 96.6. The quantitative estimate of drug-likeness (QED) is 0.0252. The summed E-state index contributed by atoms with van der Waals surface area (Å²) < 4.78 is 131. The molecular formula is C68H189N15O17Si18. The highest BCUT2D eigenvalue weighted by Gasteiger charge is 2.60. The molecule has 0 amide bonds. The molecule has 0 aliphatic carbocycles. The van der Waals surface area contributed by atoms with Gasteiger partial charge in [0.2, 0.25) is 0 Å². The van der Waals surface area contributed by atoms with E-state index in [1.165, 1.54) is 0 Å². The average Bonchev–Trinajstić information content (AvgIpc) is 0.780. The van der Waals surface area contributed by atoms with E-state index < -0.39 is 154 Å². The van der Waals surface area contributed by atoms with Gasteiger partial charge in [-0.25, -0.2) is 0 Å². The van der Waals surface area contributed by atoms with Crippen molar-refractivity contribution in [2.75, 3.05) is 98.2 Å². The molecule has 0 spiro atoms. The van der Waals surface area contributed by atoms with Gasteiger partial charge in [-0.2, -0.15) is 0 Å². The van der Waals surface area contributed by atoms with Crippen LogP contribution in [0.25, 0.3) is 0 Å². The zero-order valence-corrected chi connectivity index (χ0v) is 97.4. The molecular weight excluding hydrogens is 1800 g/mol. The third-order valence-corrected chi connectivity index (χ3v) is 99.7. The lowest BCUT2D eigenvalue weighted by Gasteiger charge is -2.49. The maximum atomic E-state index is 7.97. The van der Waals surface area contributed by atoms with Gasteiger partial charge in [0.25, 0.3) is 0 Å². The van der Waals surface area contributed by atoms with E-state index in [0.717, 1.165) is 18.9 Å². The van der Waals surface area contributed by atoms with Crippen LogP contribution in [0.3, 0.4) is 0 Å². The molecule has 0 bridgehead atoms. The Bertz CT molecular complexity index is 2650. The maximum absolute atomic E-state index is 7.97. The Morgan fingerprint density at radius 2 is 0.203 bits per heavy atom. The average molecular weight is 1990 g/mol. The van der Waals surface area contributed by atoms with Crippen LogP contribution in [0.5, 0.6) is 0 Å². The van der Waals surface area contributed by atoms with Gasteiger partial charge in [-0.1, -0.05) is 0 Å². The molecule has 0 aromatic rings.